The highest BCUT2D eigenvalue weighted by Gasteiger charge is 2.11. The molecular weight excluding hydrogens is 288 g/mol. The Morgan fingerprint density at radius 2 is 1.05 bits per heavy atom. The lowest BCUT2D eigenvalue weighted by Crippen LogP contribution is -2.16. The molecule has 0 saturated carbocycles. The van der Waals surface area contributed by atoms with Gasteiger partial charge in [0.15, 0.2) is 21.7 Å². The van der Waals surface area contributed by atoms with E-state index in [1.165, 1.54) is 0 Å². The van der Waals surface area contributed by atoms with Gasteiger partial charge in [0.1, 0.15) is 0 Å². The van der Waals surface area contributed by atoms with Crippen molar-refractivity contribution in [2.24, 2.45) is 0 Å². The van der Waals surface area contributed by atoms with Crippen LogP contribution in [0, 0.1) is 0 Å². The number of hydrogen-bond donors (Lipinski definition) is 0. The molecule has 112 valence electrons. The second kappa shape index (κ2) is 7.93. The molecule has 0 aromatic heterocycles. The van der Waals surface area contributed by atoms with Crippen molar-refractivity contribution < 1.29 is 17.9 Å². The van der Waals surface area contributed by atoms with Crippen molar-refractivity contribution in [3.05, 3.63) is 71.8 Å². The first-order chi connectivity index (χ1) is 10.2. The highest BCUT2D eigenvalue weighted by Crippen LogP contribution is 2.04. The van der Waals surface area contributed by atoms with E-state index in [0.717, 1.165) is 11.1 Å². The Labute approximate surface area is 125 Å². The summed E-state index contributed by atoms with van der Waals surface area (Å²) >= 11 is 0. The van der Waals surface area contributed by atoms with Gasteiger partial charge in [-0.1, -0.05) is 60.7 Å². The zero-order valence-electron chi connectivity index (χ0n) is 11.6. The molecule has 0 saturated heterocycles. The van der Waals surface area contributed by atoms with E-state index in [4.69, 9.17) is 9.47 Å². The summed E-state index contributed by atoms with van der Waals surface area (Å²) < 4.78 is 34.0. The van der Waals surface area contributed by atoms with Crippen LogP contribution in [-0.4, -0.2) is 20.3 Å². The number of benzene rings is 2. The van der Waals surface area contributed by atoms with Gasteiger partial charge in [-0.05, 0) is 11.1 Å². The van der Waals surface area contributed by atoms with Crippen LogP contribution in [0.1, 0.15) is 11.1 Å². The van der Waals surface area contributed by atoms with E-state index < -0.39 is 9.84 Å². The quantitative estimate of drug-likeness (QED) is 0.752. The molecule has 0 radical (unpaired) electrons. The van der Waals surface area contributed by atoms with Gasteiger partial charge in [0, 0.05) is 0 Å². The average molecular weight is 306 g/mol. The second-order valence-corrected chi connectivity index (χ2v) is 6.61. The summed E-state index contributed by atoms with van der Waals surface area (Å²) in [4.78, 5) is 0. The third-order valence-electron chi connectivity index (χ3n) is 2.75. The number of rotatable bonds is 8. The molecule has 2 rings (SSSR count). The normalized spacial score (nSPS) is 11.4. The van der Waals surface area contributed by atoms with Gasteiger partial charge in [-0.2, -0.15) is 0 Å². The van der Waals surface area contributed by atoms with Gasteiger partial charge in [-0.25, -0.2) is 8.42 Å². The SMILES string of the molecule is O=S(=O)(COCc1ccccc1)COCc1ccccc1. The minimum absolute atomic E-state index is 0.277. The molecule has 2 aromatic carbocycles. The van der Waals surface area contributed by atoms with Crippen molar-refractivity contribution in [3.8, 4) is 0 Å². The molecule has 0 N–H and O–H groups in total. The van der Waals surface area contributed by atoms with E-state index in [1.54, 1.807) is 0 Å². The van der Waals surface area contributed by atoms with Crippen molar-refractivity contribution in [2.45, 2.75) is 13.2 Å². The van der Waals surface area contributed by atoms with E-state index in [-0.39, 0.29) is 25.1 Å². The van der Waals surface area contributed by atoms with Gasteiger partial charge >= 0.3 is 0 Å². The molecule has 0 aliphatic heterocycles. The van der Waals surface area contributed by atoms with Gasteiger partial charge in [0.05, 0.1) is 13.2 Å². The molecule has 0 aliphatic rings. The predicted octanol–water partition coefficient (Wildman–Crippen LogP) is 2.75. The summed E-state index contributed by atoms with van der Waals surface area (Å²) in [5.74, 6) is -0.673. The monoisotopic (exact) mass is 306 g/mol. The minimum atomic E-state index is -3.37. The molecule has 0 aliphatic carbocycles. The Kier molecular flexibility index (Phi) is 5.92. The van der Waals surface area contributed by atoms with Gasteiger partial charge < -0.3 is 9.47 Å². The van der Waals surface area contributed by atoms with Crippen LogP contribution >= 0.6 is 0 Å². The van der Waals surface area contributed by atoms with Crippen LogP contribution in [0.15, 0.2) is 60.7 Å². The Morgan fingerprint density at radius 1 is 0.667 bits per heavy atom. The Hall–Kier alpha value is -1.69. The molecule has 2 aromatic rings. The van der Waals surface area contributed by atoms with E-state index in [9.17, 15) is 8.42 Å². The molecule has 4 nitrogen and oxygen atoms in total. The summed E-state index contributed by atoms with van der Waals surface area (Å²) in [6, 6.07) is 18.9. The van der Waals surface area contributed by atoms with Crippen LogP contribution in [0.3, 0.4) is 0 Å². The Bertz CT molecular complexity index is 572. The first-order valence-electron chi connectivity index (χ1n) is 6.59. The minimum Gasteiger partial charge on any atom is -0.361 e. The number of hydrogen-bond acceptors (Lipinski definition) is 4. The van der Waals surface area contributed by atoms with Crippen LogP contribution in [0.4, 0.5) is 0 Å². The molecule has 5 heteroatoms. The van der Waals surface area contributed by atoms with Gasteiger partial charge in [-0.3, -0.25) is 0 Å². The van der Waals surface area contributed by atoms with Crippen molar-refractivity contribution in [1.82, 2.24) is 0 Å². The zero-order chi connectivity index (χ0) is 15.0. The summed E-state index contributed by atoms with van der Waals surface area (Å²) in [6.45, 7) is 0.553. The fourth-order valence-electron chi connectivity index (χ4n) is 1.76. The van der Waals surface area contributed by atoms with E-state index in [2.05, 4.69) is 0 Å². The molecule has 0 unspecified atom stereocenters. The summed E-state index contributed by atoms with van der Waals surface area (Å²) in [5, 5.41) is 0. The number of sulfone groups is 1. The smallest absolute Gasteiger partial charge is 0.198 e. The van der Waals surface area contributed by atoms with Gasteiger partial charge in [0.2, 0.25) is 0 Å². The largest absolute Gasteiger partial charge is 0.361 e. The van der Waals surface area contributed by atoms with Crippen molar-refractivity contribution >= 4 is 9.84 Å². The summed E-state index contributed by atoms with van der Waals surface area (Å²) in [5.41, 5.74) is 1.89. The lowest BCUT2D eigenvalue weighted by atomic mass is 10.2. The van der Waals surface area contributed by atoms with E-state index in [0.29, 0.717) is 0 Å². The maximum absolute atomic E-state index is 11.8. The molecular formula is C16H18O4S. The fourth-order valence-corrected chi connectivity index (χ4v) is 2.50. The van der Waals surface area contributed by atoms with Crippen molar-refractivity contribution in [2.75, 3.05) is 11.9 Å². The number of ether oxygens (including phenoxy) is 2. The maximum atomic E-state index is 11.8. The molecule has 0 spiro atoms. The predicted molar refractivity (Wildman–Crippen MR) is 81.1 cm³/mol. The Balaban J connectivity index is 1.70. The van der Waals surface area contributed by atoms with Crippen LogP contribution in [-0.2, 0) is 32.5 Å². The molecule has 0 heterocycles. The van der Waals surface area contributed by atoms with Crippen LogP contribution in [0.5, 0.6) is 0 Å². The maximum Gasteiger partial charge on any atom is 0.198 e. The molecule has 0 atom stereocenters. The van der Waals surface area contributed by atoms with Crippen LogP contribution < -0.4 is 0 Å². The molecule has 0 bridgehead atoms. The van der Waals surface area contributed by atoms with Crippen molar-refractivity contribution in [3.63, 3.8) is 0 Å². The second-order valence-electron chi connectivity index (χ2n) is 4.65. The topological polar surface area (TPSA) is 52.6 Å². The van der Waals surface area contributed by atoms with E-state index >= 15 is 0 Å². The third-order valence-corrected chi connectivity index (χ3v) is 3.80. The lowest BCUT2D eigenvalue weighted by molar-refractivity contribution is 0.143. The van der Waals surface area contributed by atoms with Gasteiger partial charge in [0.25, 0.3) is 0 Å². The van der Waals surface area contributed by atoms with Crippen LogP contribution in [0.2, 0.25) is 0 Å². The molecule has 21 heavy (non-hydrogen) atoms. The standard InChI is InChI=1S/C16H18O4S/c17-21(18,13-19-11-15-7-3-1-4-8-15)14-20-12-16-9-5-2-6-10-16/h1-10H,11-14H2. The van der Waals surface area contributed by atoms with E-state index in [1.807, 2.05) is 60.7 Å². The zero-order valence-corrected chi connectivity index (χ0v) is 12.5. The lowest BCUT2D eigenvalue weighted by Gasteiger charge is -2.07. The van der Waals surface area contributed by atoms with Crippen molar-refractivity contribution in [1.29, 1.82) is 0 Å². The third kappa shape index (κ3) is 6.08. The molecule has 0 amide bonds. The molecule has 0 fully saturated rings. The van der Waals surface area contributed by atoms with Crippen LogP contribution in [0.25, 0.3) is 0 Å². The highest BCUT2D eigenvalue weighted by molar-refractivity contribution is 7.91. The summed E-state index contributed by atoms with van der Waals surface area (Å²) in [7, 11) is -3.37. The summed E-state index contributed by atoms with van der Waals surface area (Å²) in [6.07, 6.45) is 0. The first-order valence-corrected chi connectivity index (χ1v) is 8.42. The highest BCUT2D eigenvalue weighted by atomic mass is 32.2. The fraction of sp³-hybridized carbons (Fsp3) is 0.250. The first kappa shape index (κ1) is 15.7. The van der Waals surface area contributed by atoms with Gasteiger partial charge in [-0.15, -0.1) is 0 Å². The average Bonchev–Trinajstić information content (AvgIpc) is 2.49. The Morgan fingerprint density at radius 3 is 1.43 bits per heavy atom.